The number of rotatable bonds is 7. The fraction of sp³-hybridized carbons (Fsp3) is 0.435. The van der Waals surface area contributed by atoms with E-state index in [1.54, 1.807) is 0 Å². The van der Waals surface area contributed by atoms with Crippen molar-refractivity contribution in [3.63, 3.8) is 0 Å². The van der Waals surface area contributed by atoms with E-state index in [0.717, 1.165) is 49.8 Å². The molecule has 1 fully saturated rings. The predicted octanol–water partition coefficient (Wildman–Crippen LogP) is 3.84. The highest BCUT2D eigenvalue weighted by Crippen LogP contribution is 2.20. The standard InChI is InChI=1S/C23H31N3O2/c1-3-27-21-13-15-26(16-14-21)23(24-2)25-17-20-11-7-8-12-22(20)28-18-19-9-5-4-6-10-19/h4-12,21H,3,13-18H2,1-2H3,(H,24,25). The number of likely N-dealkylation sites (tertiary alicyclic amines) is 1. The Kier molecular flexibility index (Phi) is 7.73. The maximum Gasteiger partial charge on any atom is 0.193 e. The van der Waals surface area contributed by atoms with Gasteiger partial charge < -0.3 is 19.7 Å². The lowest BCUT2D eigenvalue weighted by Gasteiger charge is -2.34. The fourth-order valence-corrected chi connectivity index (χ4v) is 3.50. The van der Waals surface area contributed by atoms with E-state index >= 15 is 0 Å². The molecule has 0 amide bonds. The van der Waals surface area contributed by atoms with Crippen LogP contribution in [0.1, 0.15) is 30.9 Å². The second-order valence-electron chi connectivity index (χ2n) is 6.92. The Morgan fingerprint density at radius 3 is 2.50 bits per heavy atom. The average molecular weight is 382 g/mol. The summed E-state index contributed by atoms with van der Waals surface area (Å²) in [7, 11) is 1.84. The van der Waals surface area contributed by atoms with Crippen molar-refractivity contribution in [3.05, 3.63) is 65.7 Å². The third-order valence-corrected chi connectivity index (χ3v) is 5.00. The van der Waals surface area contributed by atoms with Gasteiger partial charge in [-0.15, -0.1) is 0 Å². The van der Waals surface area contributed by atoms with Crippen LogP contribution in [0.25, 0.3) is 0 Å². The van der Waals surface area contributed by atoms with Gasteiger partial charge in [-0.2, -0.15) is 0 Å². The van der Waals surface area contributed by atoms with E-state index in [-0.39, 0.29) is 0 Å². The number of ether oxygens (including phenoxy) is 2. The van der Waals surface area contributed by atoms with Gasteiger partial charge in [0.25, 0.3) is 0 Å². The molecule has 1 saturated heterocycles. The van der Waals surface area contributed by atoms with Crippen LogP contribution in [-0.4, -0.2) is 43.7 Å². The van der Waals surface area contributed by atoms with E-state index in [4.69, 9.17) is 9.47 Å². The highest BCUT2D eigenvalue weighted by atomic mass is 16.5. The Morgan fingerprint density at radius 1 is 1.07 bits per heavy atom. The number of aliphatic imine (C=N–C) groups is 1. The van der Waals surface area contributed by atoms with Crippen LogP contribution in [0.2, 0.25) is 0 Å². The first-order valence-electron chi connectivity index (χ1n) is 10.1. The van der Waals surface area contributed by atoms with Crippen LogP contribution in [0.4, 0.5) is 0 Å². The molecule has 1 aliphatic heterocycles. The van der Waals surface area contributed by atoms with Crippen LogP contribution in [0.5, 0.6) is 5.75 Å². The summed E-state index contributed by atoms with van der Waals surface area (Å²) in [4.78, 5) is 6.78. The molecule has 28 heavy (non-hydrogen) atoms. The molecule has 1 aliphatic rings. The predicted molar refractivity (Wildman–Crippen MR) is 114 cm³/mol. The van der Waals surface area contributed by atoms with E-state index in [1.165, 1.54) is 5.56 Å². The lowest BCUT2D eigenvalue weighted by atomic mass is 10.1. The minimum absolute atomic E-state index is 0.381. The van der Waals surface area contributed by atoms with Crippen LogP contribution in [0, 0.1) is 0 Å². The number of para-hydroxylation sites is 1. The number of piperidine rings is 1. The highest BCUT2D eigenvalue weighted by molar-refractivity contribution is 5.80. The van der Waals surface area contributed by atoms with Gasteiger partial charge in [-0.05, 0) is 31.4 Å². The van der Waals surface area contributed by atoms with E-state index in [9.17, 15) is 0 Å². The molecule has 0 bridgehead atoms. The van der Waals surface area contributed by atoms with Gasteiger partial charge in [0.1, 0.15) is 12.4 Å². The number of guanidine groups is 1. The van der Waals surface area contributed by atoms with E-state index in [2.05, 4.69) is 40.3 Å². The zero-order valence-electron chi connectivity index (χ0n) is 16.9. The van der Waals surface area contributed by atoms with Gasteiger partial charge >= 0.3 is 0 Å². The van der Waals surface area contributed by atoms with Crippen molar-refractivity contribution in [1.82, 2.24) is 10.2 Å². The lowest BCUT2D eigenvalue weighted by molar-refractivity contribution is 0.0263. The number of hydrogen-bond acceptors (Lipinski definition) is 3. The number of benzene rings is 2. The quantitative estimate of drug-likeness (QED) is 0.585. The first-order valence-corrected chi connectivity index (χ1v) is 10.1. The molecule has 0 radical (unpaired) electrons. The summed E-state index contributed by atoms with van der Waals surface area (Å²) in [5.41, 5.74) is 2.29. The molecule has 0 saturated carbocycles. The van der Waals surface area contributed by atoms with Crippen LogP contribution in [-0.2, 0) is 17.9 Å². The van der Waals surface area contributed by atoms with Gasteiger partial charge in [-0.25, -0.2) is 0 Å². The minimum atomic E-state index is 0.381. The summed E-state index contributed by atoms with van der Waals surface area (Å²) in [5.74, 6) is 1.84. The Bertz CT molecular complexity index is 741. The molecule has 0 unspecified atom stereocenters. The zero-order chi connectivity index (χ0) is 19.6. The van der Waals surface area contributed by atoms with Gasteiger partial charge in [0.05, 0.1) is 6.10 Å². The average Bonchev–Trinajstić information content (AvgIpc) is 2.75. The number of nitrogens with one attached hydrogen (secondary N) is 1. The molecule has 0 aromatic heterocycles. The molecule has 5 heteroatoms. The third kappa shape index (κ3) is 5.73. The number of hydrogen-bond donors (Lipinski definition) is 1. The fourth-order valence-electron chi connectivity index (χ4n) is 3.50. The van der Waals surface area contributed by atoms with Gasteiger partial charge in [0, 0.05) is 38.9 Å². The molecular formula is C23H31N3O2. The second-order valence-corrected chi connectivity index (χ2v) is 6.92. The van der Waals surface area contributed by atoms with E-state index < -0.39 is 0 Å². The van der Waals surface area contributed by atoms with Crippen molar-refractivity contribution in [2.24, 2.45) is 4.99 Å². The Morgan fingerprint density at radius 2 is 1.79 bits per heavy atom. The normalized spacial score (nSPS) is 15.5. The molecule has 1 N–H and O–H groups in total. The van der Waals surface area contributed by atoms with Crippen molar-refractivity contribution in [3.8, 4) is 5.75 Å². The zero-order valence-corrected chi connectivity index (χ0v) is 16.9. The molecule has 2 aromatic carbocycles. The van der Waals surface area contributed by atoms with Crippen molar-refractivity contribution >= 4 is 5.96 Å². The molecule has 5 nitrogen and oxygen atoms in total. The number of nitrogens with zero attached hydrogens (tertiary/aromatic N) is 2. The Hall–Kier alpha value is -2.53. The topological polar surface area (TPSA) is 46.1 Å². The van der Waals surface area contributed by atoms with Crippen LogP contribution < -0.4 is 10.1 Å². The van der Waals surface area contributed by atoms with E-state index in [1.807, 2.05) is 43.4 Å². The van der Waals surface area contributed by atoms with Crippen molar-refractivity contribution in [2.45, 2.75) is 39.0 Å². The largest absolute Gasteiger partial charge is 0.489 e. The van der Waals surface area contributed by atoms with Crippen molar-refractivity contribution in [2.75, 3.05) is 26.7 Å². The molecule has 0 spiro atoms. The second kappa shape index (κ2) is 10.7. The van der Waals surface area contributed by atoms with Gasteiger partial charge in [-0.3, -0.25) is 4.99 Å². The first-order chi connectivity index (χ1) is 13.8. The maximum absolute atomic E-state index is 6.07. The molecular weight excluding hydrogens is 350 g/mol. The summed E-state index contributed by atoms with van der Waals surface area (Å²) in [6.45, 7) is 6.04. The summed E-state index contributed by atoms with van der Waals surface area (Å²) < 4.78 is 11.8. The molecule has 1 heterocycles. The van der Waals surface area contributed by atoms with Crippen molar-refractivity contribution in [1.29, 1.82) is 0 Å². The minimum Gasteiger partial charge on any atom is -0.489 e. The summed E-state index contributed by atoms with van der Waals surface area (Å²) in [6.07, 6.45) is 2.47. The summed E-state index contributed by atoms with van der Waals surface area (Å²) >= 11 is 0. The summed E-state index contributed by atoms with van der Waals surface area (Å²) in [6, 6.07) is 18.4. The van der Waals surface area contributed by atoms with E-state index in [0.29, 0.717) is 19.3 Å². The van der Waals surface area contributed by atoms with Gasteiger partial charge in [0.2, 0.25) is 0 Å². The van der Waals surface area contributed by atoms with Gasteiger partial charge in [0.15, 0.2) is 5.96 Å². The van der Waals surface area contributed by atoms with Crippen LogP contribution in [0.3, 0.4) is 0 Å². The SMILES string of the molecule is CCOC1CCN(C(=NC)NCc2ccccc2OCc2ccccc2)CC1. The molecule has 0 atom stereocenters. The van der Waals surface area contributed by atoms with Crippen LogP contribution >= 0.6 is 0 Å². The molecule has 150 valence electrons. The maximum atomic E-state index is 6.07. The Labute approximate surface area is 168 Å². The van der Waals surface area contributed by atoms with Crippen LogP contribution in [0.15, 0.2) is 59.6 Å². The monoisotopic (exact) mass is 381 g/mol. The lowest BCUT2D eigenvalue weighted by Crippen LogP contribution is -2.46. The van der Waals surface area contributed by atoms with Crippen molar-refractivity contribution < 1.29 is 9.47 Å². The molecule has 2 aromatic rings. The highest BCUT2D eigenvalue weighted by Gasteiger charge is 2.21. The Balaban J connectivity index is 1.55. The molecule has 3 rings (SSSR count). The smallest absolute Gasteiger partial charge is 0.193 e. The third-order valence-electron chi connectivity index (χ3n) is 5.00. The first kappa shape index (κ1) is 20.2. The van der Waals surface area contributed by atoms with Gasteiger partial charge in [-0.1, -0.05) is 48.5 Å². The summed E-state index contributed by atoms with van der Waals surface area (Å²) in [5, 5.41) is 3.50. The molecule has 0 aliphatic carbocycles.